The maximum Gasteiger partial charge on any atom is 0.114 e. The molecule has 0 saturated heterocycles. The Balaban J connectivity index is 1.85. The molecule has 0 aliphatic carbocycles. The first-order valence-corrected chi connectivity index (χ1v) is 7.34. The smallest absolute Gasteiger partial charge is 0.114 e. The number of fused-ring (bicyclic) bond motifs is 2. The fraction of sp³-hybridized carbons (Fsp3) is 0.0714. The molecule has 0 aliphatic rings. The van der Waals surface area contributed by atoms with Crippen LogP contribution in [-0.4, -0.2) is 34.4 Å². The van der Waals surface area contributed by atoms with Crippen LogP contribution in [0.25, 0.3) is 22.1 Å². The molecule has 0 N–H and O–H groups in total. The van der Waals surface area contributed by atoms with Crippen LogP contribution in [0.3, 0.4) is 0 Å². The first-order chi connectivity index (χ1) is 10.3. The number of thiol groups is 1. The van der Waals surface area contributed by atoms with E-state index >= 15 is 0 Å². The lowest BCUT2D eigenvalue weighted by Gasteiger charge is -2.02. The summed E-state index contributed by atoms with van der Waals surface area (Å²) in [6.07, 6.45) is 0. The summed E-state index contributed by atoms with van der Waals surface area (Å²) in [5, 5.41) is 16.8. The number of aromatic nitrogens is 6. The number of para-hydroxylation sites is 2. The van der Waals surface area contributed by atoms with Crippen LogP contribution in [0.4, 0.5) is 0 Å². The SMILES string of the molecule is CC(=[SH]n1nnc2ccccc21)n1nnc2ccccc21. The number of hydrogen-bond donors (Lipinski definition) is 1. The Morgan fingerprint density at radius 2 is 1.48 bits per heavy atom. The Hall–Kier alpha value is -2.54. The van der Waals surface area contributed by atoms with Crippen molar-refractivity contribution in [1.82, 2.24) is 29.4 Å². The summed E-state index contributed by atoms with van der Waals surface area (Å²) in [6.45, 7) is 2.01. The highest BCUT2D eigenvalue weighted by atomic mass is 32.1. The van der Waals surface area contributed by atoms with E-state index < -0.39 is 0 Å². The predicted octanol–water partition coefficient (Wildman–Crippen LogP) is 2.10. The van der Waals surface area contributed by atoms with Crippen LogP contribution in [0, 0.1) is 0 Å². The third-order valence-corrected chi connectivity index (χ3v) is 4.20. The van der Waals surface area contributed by atoms with Crippen LogP contribution in [-0.2, 0) is 0 Å². The zero-order valence-electron chi connectivity index (χ0n) is 11.2. The van der Waals surface area contributed by atoms with Gasteiger partial charge in [-0.2, -0.15) is 4.09 Å². The second-order valence-corrected chi connectivity index (χ2v) is 5.83. The summed E-state index contributed by atoms with van der Waals surface area (Å²) < 4.78 is 3.69. The van der Waals surface area contributed by atoms with Gasteiger partial charge < -0.3 is 0 Å². The molecule has 2 aromatic carbocycles. The zero-order chi connectivity index (χ0) is 14.2. The minimum absolute atomic E-state index is 0.885. The third kappa shape index (κ3) is 2.02. The van der Waals surface area contributed by atoms with Gasteiger partial charge in [0.15, 0.2) is 0 Å². The van der Waals surface area contributed by atoms with E-state index in [9.17, 15) is 0 Å². The molecule has 0 atom stereocenters. The Bertz CT molecular complexity index is 968. The molecule has 2 aromatic heterocycles. The minimum atomic E-state index is 0.885. The molecule has 0 spiro atoms. The fourth-order valence-corrected chi connectivity index (χ4v) is 3.08. The van der Waals surface area contributed by atoms with Crippen molar-refractivity contribution in [2.45, 2.75) is 6.92 Å². The summed E-state index contributed by atoms with van der Waals surface area (Å²) in [4.78, 5) is 1.01. The summed E-state index contributed by atoms with van der Waals surface area (Å²) in [6, 6.07) is 15.8. The molecule has 104 valence electrons. The monoisotopic (exact) mass is 296 g/mol. The molecule has 0 unspecified atom stereocenters. The van der Waals surface area contributed by atoms with Gasteiger partial charge in [-0.3, -0.25) is 0 Å². The van der Waals surface area contributed by atoms with Crippen molar-refractivity contribution in [3.8, 4) is 0 Å². The summed E-state index contributed by atoms with van der Waals surface area (Å²) in [5.74, 6) is 0. The standard InChI is InChI=1S/C14H12N6S/c1-10(19-13-8-4-2-6-11(13)15-17-19)21-20-14-9-5-3-7-12(14)16-18-20/h2-9,21H,1H3. The lowest BCUT2D eigenvalue weighted by molar-refractivity contribution is 0.866. The van der Waals surface area contributed by atoms with Crippen LogP contribution < -0.4 is 0 Å². The highest BCUT2D eigenvalue weighted by Crippen LogP contribution is 2.15. The molecule has 7 heteroatoms. The van der Waals surface area contributed by atoms with Gasteiger partial charge in [0.25, 0.3) is 0 Å². The van der Waals surface area contributed by atoms with Crippen LogP contribution >= 0.6 is 11.5 Å². The Morgan fingerprint density at radius 1 is 0.857 bits per heavy atom. The fourth-order valence-electron chi connectivity index (χ4n) is 2.22. The second-order valence-electron chi connectivity index (χ2n) is 4.60. The normalized spacial score (nSPS) is 12.7. The molecular weight excluding hydrogens is 284 g/mol. The average Bonchev–Trinajstić information content (AvgIpc) is 3.12. The highest BCUT2D eigenvalue weighted by molar-refractivity contribution is 7.97. The molecule has 4 rings (SSSR count). The van der Waals surface area contributed by atoms with Crippen molar-refractivity contribution in [2.75, 3.05) is 0 Å². The Morgan fingerprint density at radius 3 is 2.29 bits per heavy atom. The quantitative estimate of drug-likeness (QED) is 0.432. The first-order valence-electron chi connectivity index (χ1n) is 6.50. The van der Waals surface area contributed by atoms with Gasteiger partial charge in [0, 0.05) is 0 Å². The number of nitrogens with zero attached hydrogens (tertiary/aromatic N) is 6. The van der Waals surface area contributed by atoms with Crippen molar-refractivity contribution in [3.63, 3.8) is 0 Å². The van der Waals surface area contributed by atoms with Gasteiger partial charge in [-0.05, 0) is 31.2 Å². The van der Waals surface area contributed by atoms with Crippen LogP contribution in [0.1, 0.15) is 6.92 Å². The molecule has 0 bridgehead atoms. The molecule has 21 heavy (non-hydrogen) atoms. The highest BCUT2D eigenvalue weighted by Gasteiger charge is 2.06. The van der Waals surface area contributed by atoms with E-state index in [0.29, 0.717) is 0 Å². The van der Waals surface area contributed by atoms with Crippen LogP contribution in [0.15, 0.2) is 48.5 Å². The summed E-state index contributed by atoms with van der Waals surface area (Å²) in [5.41, 5.74) is 3.77. The number of rotatable bonds is 1. The van der Waals surface area contributed by atoms with E-state index in [1.54, 1.807) is 0 Å². The third-order valence-electron chi connectivity index (χ3n) is 3.23. The van der Waals surface area contributed by atoms with Gasteiger partial charge in [0.2, 0.25) is 0 Å². The van der Waals surface area contributed by atoms with Gasteiger partial charge in [-0.1, -0.05) is 46.2 Å². The topological polar surface area (TPSA) is 61.4 Å². The number of hydrogen-bond acceptors (Lipinski definition) is 4. The van der Waals surface area contributed by atoms with Crippen LogP contribution in [0.5, 0.6) is 0 Å². The van der Waals surface area contributed by atoms with Gasteiger partial charge in [0.05, 0.1) is 10.5 Å². The van der Waals surface area contributed by atoms with Crippen molar-refractivity contribution >= 4 is 38.6 Å². The summed E-state index contributed by atoms with van der Waals surface area (Å²) >= 11 is 0.903. The van der Waals surface area contributed by atoms with E-state index in [4.69, 9.17) is 0 Å². The van der Waals surface area contributed by atoms with E-state index in [1.165, 1.54) is 0 Å². The van der Waals surface area contributed by atoms with Gasteiger partial charge in [-0.25, -0.2) is 4.68 Å². The average molecular weight is 296 g/mol. The molecule has 0 radical (unpaired) electrons. The van der Waals surface area contributed by atoms with E-state index in [1.807, 2.05) is 64.2 Å². The zero-order valence-corrected chi connectivity index (χ0v) is 12.1. The molecular formula is C14H12N6S. The summed E-state index contributed by atoms with van der Waals surface area (Å²) in [7, 11) is 0. The lowest BCUT2D eigenvalue weighted by atomic mass is 10.3. The molecule has 0 fully saturated rings. The molecule has 6 nitrogen and oxygen atoms in total. The van der Waals surface area contributed by atoms with Gasteiger partial charge in [-0.15, -0.1) is 10.2 Å². The molecule has 0 saturated carbocycles. The molecule has 4 aromatic rings. The van der Waals surface area contributed by atoms with Crippen molar-refractivity contribution in [3.05, 3.63) is 48.5 Å². The maximum atomic E-state index is 4.22. The van der Waals surface area contributed by atoms with Crippen LogP contribution in [0.2, 0.25) is 0 Å². The van der Waals surface area contributed by atoms with E-state index in [-0.39, 0.29) is 0 Å². The first kappa shape index (κ1) is 12.2. The van der Waals surface area contributed by atoms with Gasteiger partial charge in [0.1, 0.15) is 16.6 Å². The van der Waals surface area contributed by atoms with E-state index in [0.717, 1.165) is 38.6 Å². The number of benzene rings is 2. The minimum Gasteiger partial charge on any atom is -0.210 e. The molecule has 2 heterocycles. The van der Waals surface area contributed by atoms with Crippen molar-refractivity contribution < 1.29 is 0 Å². The molecule has 0 aliphatic heterocycles. The largest absolute Gasteiger partial charge is 0.210 e. The van der Waals surface area contributed by atoms with Crippen molar-refractivity contribution in [2.24, 2.45) is 0 Å². The Kier molecular flexibility index (Phi) is 2.78. The van der Waals surface area contributed by atoms with E-state index in [2.05, 4.69) is 20.6 Å². The van der Waals surface area contributed by atoms with Gasteiger partial charge >= 0.3 is 0 Å². The van der Waals surface area contributed by atoms with Crippen molar-refractivity contribution in [1.29, 1.82) is 0 Å². The lowest BCUT2D eigenvalue weighted by Crippen LogP contribution is -2.09. The predicted molar refractivity (Wildman–Crippen MR) is 85.5 cm³/mol. The maximum absolute atomic E-state index is 4.22. The second kappa shape index (κ2) is 4.78. The Labute approximate surface area is 124 Å². The molecule has 0 amide bonds.